The van der Waals surface area contributed by atoms with E-state index in [1.54, 1.807) is 11.3 Å². The number of likely N-dealkylation sites (tertiary alicyclic amines) is 1. The van der Waals surface area contributed by atoms with Gasteiger partial charge in [-0.25, -0.2) is 13.1 Å². The van der Waals surface area contributed by atoms with E-state index in [-0.39, 0.29) is 25.4 Å². The highest BCUT2D eigenvalue weighted by atomic mass is 32.2. The molecule has 1 fully saturated rings. The summed E-state index contributed by atoms with van der Waals surface area (Å²) in [6, 6.07) is 3.25. The topological polar surface area (TPSA) is 86.7 Å². The van der Waals surface area contributed by atoms with Gasteiger partial charge < -0.3 is 10.0 Å². The monoisotopic (exact) mass is 318 g/mol. The molecule has 0 bridgehead atoms. The maximum Gasteiger partial charge on any atom is 0.227 e. The van der Waals surface area contributed by atoms with Gasteiger partial charge in [-0.1, -0.05) is 0 Å². The van der Waals surface area contributed by atoms with E-state index in [2.05, 4.69) is 4.72 Å². The molecule has 2 N–H and O–H groups in total. The smallest absolute Gasteiger partial charge is 0.227 e. The fourth-order valence-corrected chi connectivity index (χ4v) is 3.89. The molecule has 2 rings (SSSR count). The first-order valence-electron chi connectivity index (χ1n) is 6.23. The fourth-order valence-electron chi connectivity index (χ4n) is 2.22. The van der Waals surface area contributed by atoms with Crippen molar-refractivity contribution >= 4 is 27.3 Å². The zero-order valence-corrected chi connectivity index (χ0v) is 13.0. The van der Waals surface area contributed by atoms with Crippen LogP contribution in [0.4, 0.5) is 0 Å². The van der Waals surface area contributed by atoms with Gasteiger partial charge in [0.05, 0.1) is 24.8 Å². The Kier molecular flexibility index (Phi) is 4.48. The van der Waals surface area contributed by atoms with Crippen LogP contribution in [0.3, 0.4) is 0 Å². The van der Waals surface area contributed by atoms with Crippen molar-refractivity contribution in [1.82, 2.24) is 9.62 Å². The van der Waals surface area contributed by atoms with E-state index in [4.69, 9.17) is 0 Å². The molecule has 0 aromatic carbocycles. The van der Waals surface area contributed by atoms with Gasteiger partial charge in [-0.3, -0.25) is 4.79 Å². The Morgan fingerprint density at radius 2 is 2.20 bits per heavy atom. The highest BCUT2D eigenvalue weighted by Crippen LogP contribution is 2.18. The SMILES string of the molecule is Cc1ccc(CC(=O)N2C[C@@H](O)[C@H](NS(C)(=O)=O)C2)s1. The predicted molar refractivity (Wildman–Crippen MR) is 77.1 cm³/mol. The molecule has 1 saturated heterocycles. The average Bonchev–Trinajstić information content (AvgIpc) is 2.85. The average molecular weight is 318 g/mol. The minimum Gasteiger partial charge on any atom is -0.390 e. The van der Waals surface area contributed by atoms with Crippen molar-refractivity contribution in [3.05, 3.63) is 21.9 Å². The number of nitrogens with one attached hydrogen (secondary N) is 1. The maximum absolute atomic E-state index is 12.1. The van der Waals surface area contributed by atoms with Crippen molar-refractivity contribution in [1.29, 1.82) is 0 Å². The van der Waals surface area contributed by atoms with Gasteiger partial charge in [-0.15, -0.1) is 11.3 Å². The molecule has 0 radical (unpaired) electrons. The molecule has 6 nitrogen and oxygen atoms in total. The van der Waals surface area contributed by atoms with E-state index in [1.807, 2.05) is 19.1 Å². The van der Waals surface area contributed by atoms with Crippen molar-refractivity contribution in [2.75, 3.05) is 19.3 Å². The van der Waals surface area contributed by atoms with Crippen LogP contribution >= 0.6 is 11.3 Å². The number of amides is 1. The minimum atomic E-state index is -3.39. The van der Waals surface area contributed by atoms with Gasteiger partial charge in [0, 0.05) is 22.8 Å². The van der Waals surface area contributed by atoms with Crippen LogP contribution in [-0.4, -0.2) is 55.8 Å². The van der Waals surface area contributed by atoms with Crippen LogP contribution in [0.25, 0.3) is 0 Å². The number of aliphatic hydroxyl groups is 1. The van der Waals surface area contributed by atoms with Crippen molar-refractivity contribution in [3.8, 4) is 0 Å². The van der Waals surface area contributed by atoms with Crippen molar-refractivity contribution < 1.29 is 18.3 Å². The molecule has 1 aliphatic heterocycles. The summed E-state index contributed by atoms with van der Waals surface area (Å²) in [5.41, 5.74) is 0. The molecule has 8 heteroatoms. The Labute approximate surface area is 122 Å². The van der Waals surface area contributed by atoms with Crippen LogP contribution in [0.2, 0.25) is 0 Å². The summed E-state index contributed by atoms with van der Waals surface area (Å²) in [6.45, 7) is 2.35. The number of thiophene rings is 1. The van der Waals surface area contributed by atoms with Crippen LogP contribution in [0.1, 0.15) is 9.75 Å². The van der Waals surface area contributed by atoms with E-state index < -0.39 is 22.2 Å². The van der Waals surface area contributed by atoms with Gasteiger partial charge in [-0.2, -0.15) is 0 Å². The Hall–Kier alpha value is -0.960. The number of rotatable bonds is 4. The van der Waals surface area contributed by atoms with Crippen LogP contribution in [0.15, 0.2) is 12.1 Å². The Bertz CT molecular complexity index is 596. The highest BCUT2D eigenvalue weighted by Gasteiger charge is 2.35. The largest absolute Gasteiger partial charge is 0.390 e. The van der Waals surface area contributed by atoms with Gasteiger partial charge in [0.2, 0.25) is 15.9 Å². The molecule has 0 spiro atoms. The second-order valence-corrected chi connectivity index (χ2v) is 8.20. The lowest BCUT2D eigenvalue weighted by atomic mass is 10.2. The number of sulfonamides is 1. The van der Waals surface area contributed by atoms with E-state index in [1.165, 1.54) is 4.90 Å². The molecular weight excluding hydrogens is 300 g/mol. The number of hydrogen-bond donors (Lipinski definition) is 2. The molecule has 1 aromatic heterocycles. The van der Waals surface area contributed by atoms with E-state index >= 15 is 0 Å². The molecule has 2 atom stereocenters. The minimum absolute atomic E-state index is 0.0938. The Balaban J connectivity index is 1.95. The standard InChI is InChI=1S/C12H18N2O4S2/c1-8-3-4-9(19-8)5-12(16)14-6-10(11(15)7-14)13-20(2,17)18/h3-4,10-11,13,15H,5-7H2,1-2H3/t10-,11-/m1/s1. The third kappa shape index (κ3) is 4.02. The zero-order chi connectivity index (χ0) is 14.9. The quantitative estimate of drug-likeness (QED) is 0.799. The molecule has 0 aliphatic carbocycles. The summed E-state index contributed by atoms with van der Waals surface area (Å²) in [5.74, 6) is -0.0938. The van der Waals surface area contributed by atoms with E-state index in [0.29, 0.717) is 0 Å². The first kappa shape index (κ1) is 15.4. The number of carbonyl (C=O) groups excluding carboxylic acids is 1. The number of carbonyl (C=O) groups is 1. The normalized spacial score (nSPS) is 23.2. The molecule has 1 amide bonds. The Morgan fingerprint density at radius 1 is 1.50 bits per heavy atom. The third-order valence-electron chi connectivity index (χ3n) is 3.13. The summed E-state index contributed by atoms with van der Waals surface area (Å²) in [4.78, 5) is 15.7. The van der Waals surface area contributed by atoms with Gasteiger partial charge in [0.1, 0.15) is 0 Å². The molecule has 1 aliphatic rings. The summed E-state index contributed by atoms with van der Waals surface area (Å²) < 4.78 is 24.7. The molecule has 1 aromatic rings. The van der Waals surface area contributed by atoms with E-state index in [0.717, 1.165) is 16.0 Å². The lowest BCUT2D eigenvalue weighted by Gasteiger charge is -2.15. The summed E-state index contributed by atoms with van der Waals surface area (Å²) in [5, 5.41) is 9.82. The summed E-state index contributed by atoms with van der Waals surface area (Å²) in [7, 11) is -3.39. The van der Waals surface area contributed by atoms with Gasteiger partial charge in [-0.05, 0) is 19.1 Å². The molecule has 2 heterocycles. The van der Waals surface area contributed by atoms with E-state index in [9.17, 15) is 18.3 Å². The molecule has 0 unspecified atom stereocenters. The van der Waals surface area contributed by atoms with Crippen LogP contribution in [0.5, 0.6) is 0 Å². The van der Waals surface area contributed by atoms with Crippen molar-refractivity contribution in [2.24, 2.45) is 0 Å². The fraction of sp³-hybridized carbons (Fsp3) is 0.583. The second-order valence-electron chi connectivity index (χ2n) is 5.05. The zero-order valence-electron chi connectivity index (χ0n) is 11.4. The number of β-amino-alcohol motifs (C(OH)–C–C–N with tert-alkyl or cyclic N) is 1. The number of aliphatic hydroxyl groups excluding tert-OH is 1. The molecule has 112 valence electrons. The summed E-state index contributed by atoms with van der Waals surface area (Å²) in [6.07, 6.45) is 0.467. The molecule has 0 saturated carbocycles. The molecule has 20 heavy (non-hydrogen) atoms. The summed E-state index contributed by atoms with van der Waals surface area (Å²) >= 11 is 1.56. The van der Waals surface area contributed by atoms with Crippen molar-refractivity contribution in [2.45, 2.75) is 25.5 Å². The lowest BCUT2D eigenvalue weighted by molar-refractivity contribution is -0.129. The third-order valence-corrected chi connectivity index (χ3v) is 4.86. The predicted octanol–water partition coefficient (Wildman–Crippen LogP) is -0.280. The van der Waals surface area contributed by atoms with Crippen LogP contribution < -0.4 is 4.72 Å². The molecular formula is C12H18N2O4S2. The number of nitrogens with zero attached hydrogens (tertiary/aromatic N) is 1. The van der Waals surface area contributed by atoms with Crippen LogP contribution in [-0.2, 0) is 21.2 Å². The Morgan fingerprint density at radius 3 is 2.75 bits per heavy atom. The van der Waals surface area contributed by atoms with Gasteiger partial charge in [0.25, 0.3) is 0 Å². The number of hydrogen-bond acceptors (Lipinski definition) is 5. The first-order valence-corrected chi connectivity index (χ1v) is 8.94. The maximum atomic E-state index is 12.1. The highest BCUT2D eigenvalue weighted by molar-refractivity contribution is 7.88. The van der Waals surface area contributed by atoms with Crippen LogP contribution in [0, 0.1) is 6.92 Å². The number of aryl methyl sites for hydroxylation is 1. The lowest BCUT2D eigenvalue weighted by Crippen LogP contribution is -2.42. The van der Waals surface area contributed by atoms with Crippen molar-refractivity contribution in [3.63, 3.8) is 0 Å². The van der Waals surface area contributed by atoms with Gasteiger partial charge >= 0.3 is 0 Å². The first-order chi connectivity index (χ1) is 9.24. The second kappa shape index (κ2) is 5.80. The van der Waals surface area contributed by atoms with Gasteiger partial charge in [0.15, 0.2) is 0 Å².